The first-order chi connectivity index (χ1) is 7.60. The Labute approximate surface area is 101 Å². The van der Waals surface area contributed by atoms with Gasteiger partial charge in [0, 0.05) is 0 Å². The second kappa shape index (κ2) is 4.25. The van der Waals surface area contributed by atoms with Crippen molar-refractivity contribution < 1.29 is 34.0 Å². The fraction of sp³-hybridized carbons (Fsp3) is 0.778. The van der Waals surface area contributed by atoms with Crippen molar-refractivity contribution in [3.05, 3.63) is 0 Å². The first-order valence-electron chi connectivity index (χ1n) is 4.68. The standard InChI is InChI=1S/C9H12ClFO6/c1-3(12)8(15)5(6(11)14)17-7(10)9(8,16)4(2)13/h5-7,14-16H,1-2H3/t5-,6?,7?,8-,9+/m1/s1. The van der Waals surface area contributed by atoms with Crippen LogP contribution in [0.1, 0.15) is 13.8 Å². The van der Waals surface area contributed by atoms with Crippen molar-refractivity contribution in [2.24, 2.45) is 0 Å². The topological polar surface area (TPSA) is 104 Å². The molecule has 0 amide bonds. The van der Waals surface area contributed by atoms with Crippen LogP contribution in [0.15, 0.2) is 0 Å². The van der Waals surface area contributed by atoms with E-state index in [1.54, 1.807) is 0 Å². The molecule has 2 unspecified atom stereocenters. The second-order valence-electron chi connectivity index (χ2n) is 3.89. The van der Waals surface area contributed by atoms with Gasteiger partial charge in [0.2, 0.25) is 12.0 Å². The van der Waals surface area contributed by atoms with E-state index in [2.05, 4.69) is 4.74 Å². The number of aliphatic hydroxyl groups excluding tert-OH is 1. The summed E-state index contributed by atoms with van der Waals surface area (Å²) in [4.78, 5) is 22.7. The zero-order valence-electron chi connectivity index (χ0n) is 9.05. The summed E-state index contributed by atoms with van der Waals surface area (Å²) in [7, 11) is 0. The lowest BCUT2D eigenvalue weighted by molar-refractivity contribution is -0.188. The van der Waals surface area contributed by atoms with Gasteiger partial charge in [0.05, 0.1) is 0 Å². The number of carbonyl (C=O) groups excluding carboxylic acids is 2. The minimum atomic E-state index is -2.93. The molecule has 98 valence electrons. The molecule has 3 N–H and O–H groups in total. The maximum absolute atomic E-state index is 12.9. The van der Waals surface area contributed by atoms with E-state index >= 15 is 0 Å². The molecule has 6 nitrogen and oxygen atoms in total. The van der Waals surface area contributed by atoms with Crippen LogP contribution in [-0.4, -0.2) is 56.1 Å². The van der Waals surface area contributed by atoms with Gasteiger partial charge in [-0.3, -0.25) is 9.59 Å². The van der Waals surface area contributed by atoms with E-state index < -0.39 is 40.8 Å². The van der Waals surface area contributed by atoms with Gasteiger partial charge >= 0.3 is 0 Å². The van der Waals surface area contributed by atoms with Crippen molar-refractivity contribution in [2.75, 3.05) is 0 Å². The van der Waals surface area contributed by atoms with Crippen LogP contribution < -0.4 is 0 Å². The molecule has 1 saturated heterocycles. The van der Waals surface area contributed by atoms with Gasteiger partial charge in [0.1, 0.15) is 0 Å². The zero-order chi connectivity index (χ0) is 13.6. The lowest BCUT2D eigenvalue weighted by Crippen LogP contribution is -2.67. The molecule has 0 aromatic carbocycles. The molecule has 17 heavy (non-hydrogen) atoms. The zero-order valence-corrected chi connectivity index (χ0v) is 9.81. The highest BCUT2D eigenvalue weighted by atomic mass is 35.5. The molecule has 0 aromatic heterocycles. The summed E-state index contributed by atoms with van der Waals surface area (Å²) in [6, 6.07) is 0. The Morgan fingerprint density at radius 3 is 2.00 bits per heavy atom. The first-order valence-corrected chi connectivity index (χ1v) is 5.12. The predicted molar refractivity (Wildman–Crippen MR) is 52.9 cm³/mol. The van der Waals surface area contributed by atoms with E-state index in [9.17, 15) is 24.2 Å². The Balaban J connectivity index is 3.40. The highest BCUT2D eigenvalue weighted by Crippen LogP contribution is 2.44. The van der Waals surface area contributed by atoms with Crippen LogP contribution in [0.25, 0.3) is 0 Å². The van der Waals surface area contributed by atoms with E-state index in [1.165, 1.54) is 0 Å². The summed E-state index contributed by atoms with van der Waals surface area (Å²) in [6.07, 6.45) is -4.91. The molecule has 0 spiro atoms. The van der Waals surface area contributed by atoms with E-state index in [-0.39, 0.29) is 0 Å². The molecule has 5 atom stereocenters. The summed E-state index contributed by atoms with van der Waals surface area (Å²) in [5.41, 5.74) is -7.58. The first kappa shape index (κ1) is 14.5. The van der Waals surface area contributed by atoms with Crippen LogP contribution in [0.2, 0.25) is 0 Å². The maximum atomic E-state index is 12.9. The minimum Gasteiger partial charge on any atom is -0.376 e. The van der Waals surface area contributed by atoms with Crippen molar-refractivity contribution in [3.63, 3.8) is 0 Å². The number of halogens is 2. The molecule has 1 fully saturated rings. The largest absolute Gasteiger partial charge is 0.376 e. The smallest absolute Gasteiger partial charge is 0.226 e. The SMILES string of the molecule is CC(=O)[C@@]1(O)[C@@H](C(O)F)OC(Cl)[C@@]1(O)C(C)=O. The lowest BCUT2D eigenvalue weighted by Gasteiger charge is -2.35. The molecular weight excluding hydrogens is 259 g/mol. The third-order valence-corrected chi connectivity index (χ3v) is 3.33. The number of rotatable bonds is 3. The summed E-state index contributed by atoms with van der Waals surface area (Å²) < 4.78 is 17.5. The molecule has 0 bridgehead atoms. The van der Waals surface area contributed by atoms with Crippen LogP contribution in [0.3, 0.4) is 0 Å². The molecule has 0 aliphatic carbocycles. The number of carbonyl (C=O) groups is 2. The summed E-state index contributed by atoms with van der Waals surface area (Å²) in [6.45, 7) is 1.68. The van der Waals surface area contributed by atoms with Gasteiger partial charge in [-0.15, -0.1) is 0 Å². The number of hydrogen-bond donors (Lipinski definition) is 3. The maximum Gasteiger partial charge on any atom is 0.226 e. The summed E-state index contributed by atoms with van der Waals surface area (Å²) >= 11 is 5.50. The monoisotopic (exact) mass is 270 g/mol. The number of alkyl halides is 2. The molecular formula is C9H12ClFO6. The Hall–Kier alpha value is -0.600. The average Bonchev–Trinajstić information content (AvgIpc) is 2.41. The molecule has 1 aliphatic heterocycles. The molecule has 0 radical (unpaired) electrons. The minimum absolute atomic E-state index is 0.821. The Bertz CT molecular complexity index is 361. The molecule has 1 aliphatic rings. The van der Waals surface area contributed by atoms with Crippen molar-refractivity contribution in [3.8, 4) is 0 Å². The third kappa shape index (κ3) is 1.69. The van der Waals surface area contributed by atoms with Crippen LogP contribution in [0.5, 0.6) is 0 Å². The van der Waals surface area contributed by atoms with Gasteiger partial charge in [-0.1, -0.05) is 11.6 Å². The second-order valence-corrected chi connectivity index (χ2v) is 4.29. The fourth-order valence-corrected chi connectivity index (χ4v) is 2.31. The Morgan fingerprint density at radius 1 is 1.29 bits per heavy atom. The normalized spacial score (nSPS) is 43.5. The summed E-state index contributed by atoms with van der Waals surface area (Å²) in [5.74, 6) is -2.21. The van der Waals surface area contributed by atoms with Crippen LogP contribution in [-0.2, 0) is 14.3 Å². The van der Waals surface area contributed by atoms with Gasteiger partial charge in [0.15, 0.2) is 28.8 Å². The number of Topliss-reactive ketones (excluding diaryl/α,β-unsaturated/α-hetero) is 2. The van der Waals surface area contributed by atoms with E-state index in [0.717, 1.165) is 13.8 Å². The Morgan fingerprint density at radius 2 is 1.71 bits per heavy atom. The summed E-state index contributed by atoms with van der Waals surface area (Å²) in [5, 5.41) is 28.8. The number of ether oxygens (including phenoxy) is 1. The van der Waals surface area contributed by atoms with Crippen molar-refractivity contribution in [2.45, 2.75) is 43.1 Å². The van der Waals surface area contributed by atoms with Gasteiger partial charge < -0.3 is 20.1 Å². The van der Waals surface area contributed by atoms with Gasteiger partial charge in [-0.05, 0) is 13.8 Å². The highest BCUT2D eigenvalue weighted by Gasteiger charge is 2.72. The van der Waals surface area contributed by atoms with E-state index in [1.807, 2.05) is 0 Å². The highest BCUT2D eigenvalue weighted by molar-refractivity contribution is 6.24. The number of aliphatic hydroxyl groups is 3. The van der Waals surface area contributed by atoms with Crippen LogP contribution in [0.4, 0.5) is 4.39 Å². The molecule has 1 heterocycles. The van der Waals surface area contributed by atoms with Gasteiger partial charge in [-0.2, -0.15) is 0 Å². The lowest BCUT2D eigenvalue weighted by atomic mass is 9.76. The molecule has 8 heteroatoms. The van der Waals surface area contributed by atoms with Gasteiger partial charge in [0.25, 0.3) is 0 Å². The predicted octanol–water partition coefficient (Wildman–Crippen LogP) is -1.12. The fourth-order valence-electron chi connectivity index (χ4n) is 1.88. The molecule has 0 saturated carbocycles. The number of hydrogen-bond acceptors (Lipinski definition) is 6. The molecule has 1 rings (SSSR count). The quantitative estimate of drug-likeness (QED) is 0.561. The molecule has 0 aromatic rings. The van der Waals surface area contributed by atoms with Crippen molar-refractivity contribution in [1.29, 1.82) is 0 Å². The van der Waals surface area contributed by atoms with E-state index in [4.69, 9.17) is 16.7 Å². The number of ketones is 2. The third-order valence-electron chi connectivity index (χ3n) is 2.91. The van der Waals surface area contributed by atoms with Crippen molar-refractivity contribution in [1.82, 2.24) is 0 Å². The van der Waals surface area contributed by atoms with Crippen LogP contribution >= 0.6 is 11.6 Å². The van der Waals surface area contributed by atoms with Gasteiger partial charge in [-0.25, -0.2) is 4.39 Å². The van der Waals surface area contributed by atoms with E-state index in [0.29, 0.717) is 0 Å². The average molecular weight is 271 g/mol. The van der Waals surface area contributed by atoms with Crippen molar-refractivity contribution >= 4 is 23.2 Å². The Kier molecular flexibility index (Phi) is 3.62. The van der Waals surface area contributed by atoms with Crippen LogP contribution in [0, 0.1) is 0 Å².